The highest BCUT2D eigenvalue weighted by atomic mass is 32.2. The molecule has 2 N–H and O–H groups in total. The minimum atomic E-state index is -0.0795. The first-order valence-corrected chi connectivity index (χ1v) is 11.9. The van der Waals surface area contributed by atoms with Gasteiger partial charge in [0.1, 0.15) is 10.7 Å². The average molecular weight is 423 g/mol. The van der Waals surface area contributed by atoms with Gasteiger partial charge in [-0.1, -0.05) is 37.6 Å². The fourth-order valence-electron chi connectivity index (χ4n) is 5.40. The minimum absolute atomic E-state index is 0.0795. The molecule has 30 heavy (non-hydrogen) atoms. The predicted octanol–water partition coefficient (Wildman–Crippen LogP) is 5.32. The number of piperidine rings is 1. The average Bonchev–Trinajstić information content (AvgIpc) is 3.36. The molecule has 2 fully saturated rings. The van der Waals surface area contributed by atoms with Crippen molar-refractivity contribution in [1.82, 2.24) is 15.0 Å². The molecule has 0 radical (unpaired) electrons. The van der Waals surface area contributed by atoms with Crippen LogP contribution >= 0.6 is 11.8 Å². The lowest BCUT2D eigenvalue weighted by atomic mass is 9.71. The maximum Gasteiger partial charge on any atom is 0.153 e. The Kier molecular flexibility index (Phi) is 5.23. The summed E-state index contributed by atoms with van der Waals surface area (Å²) in [5.41, 5.74) is 3.27. The molecule has 5 nitrogen and oxygen atoms in total. The molecule has 3 aromatic rings. The third kappa shape index (κ3) is 3.50. The Morgan fingerprint density at radius 2 is 2.03 bits per heavy atom. The zero-order valence-corrected chi connectivity index (χ0v) is 18.6. The molecule has 1 atom stereocenters. The molecule has 158 valence electrons. The second-order valence-electron chi connectivity index (χ2n) is 9.01. The molecule has 0 unspecified atom stereocenters. The van der Waals surface area contributed by atoms with Crippen molar-refractivity contribution in [2.24, 2.45) is 11.3 Å². The van der Waals surface area contributed by atoms with Gasteiger partial charge in [0.25, 0.3) is 0 Å². The van der Waals surface area contributed by atoms with Crippen LogP contribution in [0.5, 0.6) is 0 Å². The van der Waals surface area contributed by atoms with Crippen molar-refractivity contribution >= 4 is 28.5 Å². The summed E-state index contributed by atoms with van der Waals surface area (Å²) in [5, 5.41) is 12.1. The van der Waals surface area contributed by atoms with E-state index in [0.717, 1.165) is 46.0 Å². The smallest absolute Gasteiger partial charge is 0.153 e. The number of anilines is 1. The molecule has 1 spiro atoms. The number of benzene rings is 1. The van der Waals surface area contributed by atoms with Gasteiger partial charge in [-0.25, -0.2) is 9.97 Å². The summed E-state index contributed by atoms with van der Waals surface area (Å²) >= 11 is 1.61. The number of H-pyrrole nitrogens is 1. The minimum Gasteiger partial charge on any atom is -0.390 e. The Labute approximate surface area is 182 Å². The molecule has 0 amide bonds. The number of aromatic amines is 1. The van der Waals surface area contributed by atoms with Crippen LogP contribution in [-0.4, -0.2) is 33.1 Å². The van der Waals surface area contributed by atoms with Crippen LogP contribution in [0.3, 0.4) is 0 Å². The molecule has 1 saturated carbocycles. The van der Waals surface area contributed by atoms with E-state index < -0.39 is 0 Å². The molecule has 2 aromatic heterocycles. The Morgan fingerprint density at radius 3 is 2.77 bits per heavy atom. The fraction of sp³-hybridized carbons (Fsp3) is 0.500. The van der Waals surface area contributed by atoms with Gasteiger partial charge in [0, 0.05) is 29.7 Å². The van der Waals surface area contributed by atoms with Gasteiger partial charge >= 0.3 is 0 Å². The first kappa shape index (κ1) is 19.9. The highest BCUT2D eigenvalue weighted by molar-refractivity contribution is 7.99. The molecule has 2 aliphatic rings. The quantitative estimate of drug-likeness (QED) is 0.596. The van der Waals surface area contributed by atoms with Crippen molar-refractivity contribution in [1.29, 1.82) is 0 Å². The van der Waals surface area contributed by atoms with Gasteiger partial charge in [-0.2, -0.15) is 0 Å². The van der Waals surface area contributed by atoms with Crippen molar-refractivity contribution in [3.8, 4) is 0 Å². The van der Waals surface area contributed by atoms with Gasteiger partial charge in [-0.05, 0) is 61.1 Å². The Bertz CT molecular complexity index is 1050. The number of rotatable bonds is 4. The first-order valence-electron chi connectivity index (χ1n) is 11.1. The lowest BCUT2D eigenvalue weighted by Gasteiger charge is -2.43. The molecule has 3 heterocycles. The van der Waals surface area contributed by atoms with Gasteiger partial charge in [-0.15, -0.1) is 0 Å². The molecule has 6 heteroatoms. The largest absolute Gasteiger partial charge is 0.390 e. The number of hydrogen-bond acceptors (Lipinski definition) is 5. The zero-order chi connectivity index (χ0) is 20.7. The number of nitrogens with one attached hydrogen (secondary N) is 1. The van der Waals surface area contributed by atoms with Crippen LogP contribution in [0.2, 0.25) is 0 Å². The van der Waals surface area contributed by atoms with Crippen LogP contribution in [0.1, 0.15) is 50.4 Å². The van der Waals surface area contributed by atoms with Crippen LogP contribution in [0.25, 0.3) is 10.9 Å². The van der Waals surface area contributed by atoms with Crippen molar-refractivity contribution in [3.63, 3.8) is 0 Å². The first-order chi connectivity index (χ1) is 14.6. The van der Waals surface area contributed by atoms with Crippen LogP contribution in [-0.2, 0) is 6.61 Å². The summed E-state index contributed by atoms with van der Waals surface area (Å²) in [7, 11) is 0. The van der Waals surface area contributed by atoms with Gasteiger partial charge < -0.3 is 15.0 Å². The topological polar surface area (TPSA) is 65.0 Å². The molecular weight excluding hydrogens is 392 g/mol. The number of aliphatic hydroxyl groups is 1. The van der Waals surface area contributed by atoms with E-state index in [1.807, 2.05) is 13.1 Å². The lowest BCUT2D eigenvalue weighted by Crippen LogP contribution is -2.42. The highest BCUT2D eigenvalue weighted by Crippen LogP contribution is 2.50. The van der Waals surface area contributed by atoms with Gasteiger partial charge in [0.15, 0.2) is 5.82 Å². The molecule has 1 aliphatic carbocycles. The maximum atomic E-state index is 10.0. The van der Waals surface area contributed by atoms with Crippen LogP contribution < -0.4 is 4.90 Å². The lowest BCUT2D eigenvalue weighted by molar-refractivity contribution is 0.161. The Balaban J connectivity index is 1.37. The second kappa shape index (κ2) is 7.89. The molecular formula is C24H30N4OS. The van der Waals surface area contributed by atoms with Crippen LogP contribution in [0, 0.1) is 18.3 Å². The number of aliphatic hydroxyl groups excluding tert-OH is 1. The van der Waals surface area contributed by atoms with E-state index in [4.69, 9.17) is 9.97 Å². The number of aromatic nitrogens is 3. The van der Waals surface area contributed by atoms with Crippen molar-refractivity contribution in [2.45, 2.75) is 62.5 Å². The molecule has 1 saturated heterocycles. The third-order valence-corrected chi connectivity index (χ3v) is 8.45. The predicted molar refractivity (Wildman–Crippen MR) is 122 cm³/mol. The van der Waals surface area contributed by atoms with E-state index in [1.165, 1.54) is 37.5 Å². The zero-order valence-electron chi connectivity index (χ0n) is 17.8. The summed E-state index contributed by atoms with van der Waals surface area (Å²) in [6, 6.07) is 8.44. The van der Waals surface area contributed by atoms with E-state index in [0.29, 0.717) is 11.1 Å². The summed E-state index contributed by atoms with van der Waals surface area (Å²) in [6.07, 6.45) is 8.54. The maximum absolute atomic E-state index is 10.0. The summed E-state index contributed by atoms with van der Waals surface area (Å²) in [5.74, 6) is 1.71. The van der Waals surface area contributed by atoms with Crippen molar-refractivity contribution < 1.29 is 5.11 Å². The number of hydrogen-bond donors (Lipinski definition) is 2. The van der Waals surface area contributed by atoms with E-state index in [2.05, 4.69) is 41.1 Å². The molecule has 1 aliphatic heterocycles. The van der Waals surface area contributed by atoms with E-state index in [9.17, 15) is 5.11 Å². The SMILES string of the molecule is Cc1nc(N2CCC3(CCC[C@H]3C)CC2)c(CO)nc1Sc1ccc2cc[nH]c2c1. The summed E-state index contributed by atoms with van der Waals surface area (Å²) in [6.45, 7) is 6.41. The van der Waals surface area contributed by atoms with Gasteiger partial charge in [0.05, 0.1) is 12.3 Å². The summed E-state index contributed by atoms with van der Waals surface area (Å²) < 4.78 is 0. The molecule has 0 bridgehead atoms. The fourth-order valence-corrected chi connectivity index (χ4v) is 6.29. The number of fused-ring (bicyclic) bond motifs is 1. The Morgan fingerprint density at radius 1 is 1.20 bits per heavy atom. The molecule has 5 rings (SSSR count). The van der Waals surface area contributed by atoms with E-state index in [1.54, 1.807) is 11.8 Å². The Hall–Kier alpha value is -2.05. The van der Waals surface area contributed by atoms with Gasteiger partial charge in [0.2, 0.25) is 0 Å². The van der Waals surface area contributed by atoms with Crippen molar-refractivity contribution in [2.75, 3.05) is 18.0 Å². The van der Waals surface area contributed by atoms with Crippen molar-refractivity contribution in [3.05, 3.63) is 41.9 Å². The van der Waals surface area contributed by atoms with Crippen LogP contribution in [0.4, 0.5) is 5.82 Å². The third-order valence-electron chi connectivity index (χ3n) is 7.38. The van der Waals surface area contributed by atoms with E-state index >= 15 is 0 Å². The van der Waals surface area contributed by atoms with Gasteiger partial charge in [-0.3, -0.25) is 0 Å². The van der Waals surface area contributed by atoms with E-state index in [-0.39, 0.29) is 6.61 Å². The normalized spacial score (nSPS) is 21.0. The number of aryl methyl sites for hydroxylation is 1. The standard InChI is InChI=1S/C24H30N4OS/c1-16-4-3-8-24(16)9-12-28(13-10-24)22-21(15-29)27-23(17(2)26-22)30-19-6-5-18-7-11-25-20(18)14-19/h5-7,11,14,16,25,29H,3-4,8-10,12-13,15H2,1-2H3/t16-/m1/s1. The second-order valence-corrected chi connectivity index (χ2v) is 10.1. The monoisotopic (exact) mass is 422 g/mol. The highest BCUT2D eigenvalue weighted by Gasteiger charge is 2.42. The summed E-state index contributed by atoms with van der Waals surface area (Å²) in [4.78, 5) is 16.5. The van der Waals surface area contributed by atoms with Crippen LogP contribution in [0.15, 0.2) is 40.4 Å². The molecule has 1 aromatic carbocycles. The number of nitrogens with zero attached hydrogens (tertiary/aromatic N) is 3.